The minimum Gasteiger partial charge on any atom is -0.496 e. The van der Waals surface area contributed by atoms with Gasteiger partial charge in [-0.05, 0) is 66.1 Å². The van der Waals surface area contributed by atoms with Gasteiger partial charge in [0.25, 0.3) is 11.8 Å². The lowest BCUT2D eigenvalue weighted by molar-refractivity contribution is 0.0940. The van der Waals surface area contributed by atoms with Gasteiger partial charge in [-0.2, -0.15) is 0 Å². The minimum absolute atomic E-state index is 0.204. The molecule has 210 valence electrons. The van der Waals surface area contributed by atoms with Crippen molar-refractivity contribution in [2.75, 3.05) is 12.0 Å². The number of para-hydroxylation sites is 1. The predicted molar refractivity (Wildman–Crippen MR) is 164 cm³/mol. The number of aryl methyl sites for hydroxylation is 1. The van der Waals surface area contributed by atoms with Gasteiger partial charge in [0.15, 0.2) is 0 Å². The number of benzene rings is 3. The highest BCUT2D eigenvalue weighted by Gasteiger charge is 2.29. The first-order valence-corrected chi connectivity index (χ1v) is 14.0. The van der Waals surface area contributed by atoms with E-state index in [1.165, 1.54) is 0 Å². The molecule has 0 bridgehead atoms. The number of halogens is 1. The summed E-state index contributed by atoms with van der Waals surface area (Å²) in [7, 11) is 1.55. The number of nitrogens with one attached hydrogen (secondary N) is 1. The molecule has 0 radical (unpaired) electrons. The number of methoxy groups -OCH3 is 1. The van der Waals surface area contributed by atoms with Crippen molar-refractivity contribution in [3.05, 3.63) is 136 Å². The largest absolute Gasteiger partial charge is 0.496 e. The van der Waals surface area contributed by atoms with Gasteiger partial charge in [0.2, 0.25) is 0 Å². The molecule has 0 atom stereocenters. The van der Waals surface area contributed by atoms with Gasteiger partial charge >= 0.3 is 0 Å². The molecule has 0 spiro atoms. The third kappa shape index (κ3) is 5.15. The van der Waals surface area contributed by atoms with Gasteiger partial charge in [0.05, 0.1) is 38.0 Å². The van der Waals surface area contributed by atoms with Crippen LogP contribution in [0.5, 0.6) is 5.75 Å². The lowest BCUT2D eigenvalue weighted by Gasteiger charge is -2.24. The molecule has 0 saturated heterocycles. The van der Waals surface area contributed by atoms with E-state index in [0.717, 1.165) is 39.3 Å². The summed E-state index contributed by atoms with van der Waals surface area (Å²) < 4.78 is 7.70. The second kappa shape index (κ2) is 11.5. The standard InChI is InChI=1S/C34H29ClN4O3/c1-22-9-3-5-12-26(22)27-18-32(42-2)28(17-29(27)35)34(41)39-21-25-14-15-31(33(40)37-19-24-11-7-8-16-36-24)38(25)20-23-10-4-6-13-30(23)39/h3-18H,19-21H2,1-2H3,(H,37,40). The molecule has 3 heterocycles. The average molecular weight is 577 g/mol. The molecule has 1 aliphatic heterocycles. The topological polar surface area (TPSA) is 76.5 Å². The number of nitrogens with zero attached hydrogens (tertiary/aromatic N) is 3. The molecular formula is C34H29ClN4O3. The van der Waals surface area contributed by atoms with E-state index in [-0.39, 0.29) is 18.4 Å². The first-order chi connectivity index (χ1) is 20.4. The number of rotatable bonds is 6. The number of anilines is 1. The second-order valence-corrected chi connectivity index (χ2v) is 10.6. The zero-order valence-electron chi connectivity index (χ0n) is 23.3. The van der Waals surface area contributed by atoms with Crippen molar-refractivity contribution >= 4 is 29.1 Å². The van der Waals surface area contributed by atoms with Crippen LogP contribution in [-0.2, 0) is 19.6 Å². The Morgan fingerprint density at radius 2 is 1.71 bits per heavy atom. The van der Waals surface area contributed by atoms with Crippen molar-refractivity contribution in [3.8, 4) is 16.9 Å². The van der Waals surface area contributed by atoms with E-state index in [9.17, 15) is 9.59 Å². The molecular weight excluding hydrogens is 548 g/mol. The molecule has 42 heavy (non-hydrogen) atoms. The highest BCUT2D eigenvalue weighted by Crippen LogP contribution is 2.38. The summed E-state index contributed by atoms with van der Waals surface area (Å²) in [5.74, 6) is -0.00732. The average Bonchev–Trinajstić information content (AvgIpc) is 3.33. The van der Waals surface area contributed by atoms with Crippen molar-refractivity contribution in [1.29, 1.82) is 0 Å². The maximum atomic E-state index is 14.3. The summed E-state index contributed by atoms with van der Waals surface area (Å²) in [6.07, 6.45) is 1.70. The van der Waals surface area contributed by atoms with Crippen molar-refractivity contribution in [1.82, 2.24) is 14.9 Å². The van der Waals surface area contributed by atoms with Crippen molar-refractivity contribution in [2.45, 2.75) is 26.6 Å². The normalized spacial score (nSPS) is 12.2. The van der Waals surface area contributed by atoms with Gasteiger partial charge in [-0.15, -0.1) is 0 Å². The molecule has 7 nitrogen and oxygen atoms in total. The molecule has 6 rings (SSSR count). The van der Waals surface area contributed by atoms with E-state index in [4.69, 9.17) is 16.3 Å². The Morgan fingerprint density at radius 3 is 2.50 bits per heavy atom. The van der Waals surface area contributed by atoms with Crippen molar-refractivity contribution in [2.24, 2.45) is 0 Å². The van der Waals surface area contributed by atoms with Gasteiger partial charge in [-0.3, -0.25) is 14.6 Å². The lowest BCUT2D eigenvalue weighted by atomic mass is 9.98. The molecule has 2 aromatic heterocycles. The summed E-state index contributed by atoms with van der Waals surface area (Å²) in [5, 5.41) is 3.43. The molecule has 5 aromatic rings. The van der Waals surface area contributed by atoms with Crippen LogP contribution in [0.1, 0.15) is 43.4 Å². The zero-order valence-corrected chi connectivity index (χ0v) is 24.1. The van der Waals surface area contributed by atoms with Crippen LogP contribution in [0.2, 0.25) is 5.02 Å². The summed E-state index contributed by atoms with van der Waals surface area (Å²) >= 11 is 6.79. The van der Waals surface area contributed by atoms with Crippen LogP contribution < -0.4 is 15.0 Å². The number of carbonyl (C=O) groups is 2. The number of carbonyl (C=O) groups excluding carboxylic acids is 2. The van der Waals surface area contributed by atoms with Crippen molar-refractivity contribution < 1.29 is 14.3 Å². The third-order valence-corrected chi connectivity index (χ3v) is 7.90. The fraction of sp³-hybridized carbons (Fsp3) is 0.147. The van der Waals surface area contributed by atoms with Gasteiger partial charge < -0.3 is 19.5 Å². The Morgan fingerprint density at radius 1 is 0.929 bits per heavy atom. The van der Waals surface area contributed by atoms with E-state index in [1.807, 2.05) is 90.4 Å². The molecule has 0 unspecified atom stereocenters. The van der Waals surface area contributed by atoms with E-state index in [1.54, 1.807) is 30.3 Å². The molecule has 2 amide bonds. The van der Waals surface area contributed by atoms with Crippen molar-refractivity contribution in [3.63, 3.8) is 0 Å². The van der Waals surface area contributed by atoms with Gasteiger partial charge in [-0.1, -0.05) is 60.1 Å². The fourth-order valence-corrected chi connectivity index (χ4v) is 5.69. The van der Waals surface area contributed by atoms with Crippen LogP contribution in [-0.4, -0.2) is 28.5 Å². The van der Waals surface area contributed by atoms with Crippen LogP contribution in [0.4, 0.5) is 5.69 Å². The monoisotopic (exact) mass is 576 g/mol. The van der Waals surface area contributed by atoms with Gasteiger partial charge in [-0.25, -0.2) is 0 Å². The van der Waals surface area contributed by atoms with E-state index in [0.29, 0.717) is 35.1 Å². The van der Waals surface area contributed by atoms with E-state index < -0.39 is 0 Å². The number of ether oxygens (including phenoxy) is 1. The molecule has 1 N–H and O–H groups in total. The summed E-state index contributed by atoms with van der Waals surface area (Å²) in [4.78, 5) is 33.5. The van der Waals surface area contributed by atoms with Gasteiger partial charge in [0, 0.05) is 28.2 Å². The fourth-order valence-electron chi connectivity index (χ4n) is 5.42. The van der Waals surface area contributed by atoms with Crippen LogP contribution in [0, 0.1) is 6.92 Å². The summed E-state index contributed by atoms with van der Waals surface area (Å²) in [6, 6.07) is 28.5. The number of hydrogen-bond acceptors (Lipinski definition) is 4. The number of fused-ring (bicyclic) bond motifs is 2. The van der Waals surface area contributed by atoms with Crippen LogP contribution in [0.25, 0.3) is 11.1 Å². The number of hydrogen-bond donors (Lipinski definition) is 1. The summed E-state index contributed by atoms with van der Waals surface area (Å²) in [6.45, 7) is 3.05. The Balaban J connectivity index is 1.35. The third-order valence-electron chi connectivity index (χ3n) is 7.59. The smallest absolute Gasteiger partial charge is 0.268 e. The van der Waals surface area contributed by atoms with E-state index in [2.05, 4.69) is 10.3 Å². The first-order valence-electron chi connectivity index (χ1n) is 13.6. The molecule has 0 fully saturated rings. The maximum Gasteiger partial charge on any atom is 0.268 e. The minimum atomic E-state index is -0.242. The quantitative estimate of drug-likeness (QED) is 0.245. The first kappa shape index (κ1) is 27.3. The predicted octanol–water partition coefficient (Wildman–Crippen LogP) is 6.66. The Hall–Kier alpha value is -4.88. The van der Waals surface area contributed by atoms with E-state index >= 15 is 0 Å². The lowest BCUT2D eigenvalue weighted by Crippen LogP contribution is -2.31. The molecule has 0 aliphatic carbocycles. The maximum absolute atomic E-state index is 14.3. The molecule has 0 saturated carbocycles. The molecule has 1 aliphatic rings. The highest BCUT2D eigenvalue weighted by molar-refractivity contribution is 6.34. The number of aromatic nitrogens is 2. The highest BCUT2D eigenvalue weighted by atomic mass is 35.5. The SMILES string of the molecule is COc1cc(-c2ccccc2C)c(Cl)cc1C(=O)N1Cc2ccc(C(=O)NCc3ccccn3)n2Cc2ccccc21. The molecule has 3 aromatic carbocycles. The summed E-state index contributed by atoms with van der Waals surface area (Å²) in [5.41, 5.74) is 7.04. The van der Waals surface area contributed by atoms with Gasteiger partial charge in [0.1, 0.15) is 11.4 Å². The number of amides is 2. The Kier molecular flexibility index (Phi) is 7.50. The molecule has 8 heteroatoms. The second-order valence-electron chi connectivity index (χ2n) is 10.2. The van der Waals surface area contributed by atoms with Crippen LogP contribution in [0.15, 0.2) is 97.2 Å². The van der Waals surface area contributed by atoms with Crippen LogP contribution >= 0.6 is 11.6 Å². The van der Waals surface area contributed by atoms with Crippen LogP contribution in [0.3, 0.4) is 0 Å². The number of pyridine rings is 1. The Labute approximate surface area is 249 Å². The Bertz CT molecular complexity index is 1800. The zero-order chi connectivity index (χ0) is 29.2.